The maximum Gasteiger partial charge on any atom is 0.407 e. The lowest BCUT2D eigenvalue weighted by Gasteiger charge is -2.27. The fourth-order valence-electron chi connectivity index (χ4n) is 3.76. The van der Waals surface area contributed by atoms with Gasteiger partial charge in [0.2, 0.25) is 11.8 Å². The summed E-state index contributed by atoms with van der Waals surface area (Å²) in [6, 6.07) is 3.87. The normalized spacial score (nSPS) is 17.3. The molecule has 0 aromatic heterocycles. The summed E-state index contributed by atoms with van der Waals surface area (Å²) in [5.41, 5.74) is 0.886. The first-order chi connectivity index (χ1) is 17.3. The van der Waals surface area contributed by atoms with Gasteiger partial charge in [0.15, 0.2) is 0 Å². The summed E-state index contributed by atoms with van der Waals surface area (Å²) in [4.78, 5) is 61.9. The molecule has 1 aromatic rings. The van der Waals surface area contributed by atoms with E-state index in [-0.39, 0.29) is 29.9 Å². The van der Waals surface area contributed by atoms with Gasteiger partial charge in [0.25, 0.3) is 11.8 Å². The molecule has 0 bridgehead atoms. The number of nitrogens with one attached hydrogen (secondary N) is 3. The monoisotopic (exact) mass is 504 g/mol. The van der Waals surface area contributed by atoms with Crippen LogP contribution in [-0.2, 0) is 23.8 Å². The van der Waals surface area contributed by atoms with Crippen molar-refractivity contribution in [2.45, 2.75) is 32.7 Å². The average Bonchev–Trinajstić information content (AvgIpc) is 3.09. The molecule has 5 amide bonds. The molecule has 0 radical (unpaired) electrons. The van der Waals surface area contributed by atoms with Gasteiger partial charge in [-0.1, -0.05) is 19.9 Å². The van der Waals surface area contributed by atoms with Crippen LogP contribution in [0, 0.1) is 5.92 Å². The Kier molecular flexibility index (Phi) is 9.77. The van der Waals surface area contributed by atoms with Gasteiger partial charge < -0.3 is 24.8 Å². The average molecular weight is 505 g/mol. The number of carbonyl (C=O) groups excluding carboxylic acids is 5. The molecule has 1 saturated heterocycles. The van der Waals surface area contributed by atoms with E-state index in [2.05, 4.69) is 16.0 Å². The van der Waals surface area contributed by atoms with Crippen LogP contribution in [0.15, 0.2) is 18.2 Å². The van der Waals surface area contributed by atoms with E-state index in [1.165, 1.54) is 0 Å². The van der Waals surface area contributed by atoms with Gasteiger partial charge in [-0.25, -0.2) is 4.79 Å². The van der Waals surface area contributed by atoms with Gasteiger partial charge >= 0.3 is 6.09 Å². The molecule has 2 heterocycles. The van der Waals surface area contributed by atoms with E-state index in [1.807, 2.05) is 13.8 Å². The molecule has 12 heteroatoms. The van der Waals surface area contributed by atoms with E-state index >= 15 is 0 Å². The molecule has 0 spiro atoms. The standard InChI is InChI=1S/C24H32N4O8/c1-15(2)14-36-24(33)26-9-11-35-13-12-34-10-8-25-17-5-3-4-16-20(17)23(32)28(22(16)31)18-6-7-19(29)27-21(18)30/h3-5,15,18,25H,6-14H2,1-2H3,(H,26,33)(H,27,29,30). The molecular weight excluding hydrogens is 472 g/mol. The molecule has 196 valence electrons. The van der Waals surface area contributed by atoms with E-state index < -0.39 is 35.8 Å². The largest absolute Gasteiger partial charge is 0.449 e. The van der Waals surface area contributed by atoms with Crippen LogP contribution in [0.5, 0.6) is 0 Å². The Labute approximate surface area is 209 Å². The third-order valence-electron chi connectivity index (χ3n) is 5.47. The summed E-state index contributed by atoms with van der Waals surface area (Å²) in [7, 11) is 0. The highest BCUT2D eigenvalue weighted by Crippen LogP contribution is 2.32. The van der Waals surface area contributed by atoms with E-state index in [1.54, 1.807) is 18.2 Å². The van der Waals surface area contributed by atoms with Crippen LogP contribution >= 0.6 is 0 Å². The lowest BCUT2D eigenvalue weighted by Crippen LogP contribution is -2.54. The Balaban J connectivity index is 1.36. The van der Waals surface area contributed by atoms with Crippen molar-refractivity contribution in [3.05, 3.63) is 29.3 Å². The highest BCUT2D eigenvalue weighted by atomic mass is 16.5. The van der Waals surface area contributed by atoms with Crippen molar-refractivity contribution in [1.29, 1.82) is 0 Å². The van der Waals surface area contributed by atoms with E-state index in [9.17, 15) is 24.0 Å². The van der Waals surface area contributed by atoms with Gasteiger partial charge in [-0.05, 0) is 24.5 Å². The second kappa shape index (κ2) is 13.0. The lowest BCUT2D eigenvalue weighted by atomic mass is 10.0. The van der Waals surface area contributed by atoms with Crippen molar-refractivity contribution in [3.8, 4) is 0 Å². The number of amides is 5. The summed E-state index contributed by atoms with van der Waals surface area (Å²) in [6.45, 7) is 6.32. The van der Waals surface area contributed by atoms with E-state index in [4.69, 9.17) is 14.2 Å². The van der Waals surface area contributed by atoms with Crippen LogP contribution in [0.1, 0.15) is 47.4 Å². The number of ether oxygens (including phenoxy) is 3. The van der Waals surface area contributed by atoms with Gasteiger partial charge in [-0.3, -0.25) is 29.4 Å². The van der Waals surface area contributed by atoms with Crippen molar-refractivity contribution in [2.24, 2.45) is 5.92 Å². The number of nitrogens with zero attached hydrogens (tertiary/aromatic N) is 1. The Morgan fingerprint density at radius 3 is 2.47 bits per heavy atom. The SMILES string of the molecule is CC(C)COC(=O)NCCOCCOCCNc1cccc2c1C(=O)N(C1CCC(=O)NC1=O)C2=O. The molecule has 1 atom stereocenters. The predicted octanol–water partition coefficient (Wildman–Crippen LogP) is 0.915. The molecule has 1 aromatic carbocycles. The minimum atomic E-state index is -1.01. The number of rotatable bonds is 13. The van der Waals surface area contributed by atoms with Crippen molar-refractivity contribution >= 4 is 35.4 Å². The first-order valence-corrected chi connectivity index (χ1v) is 11.9. The van der Waals surface area contributed by atoms with Gasteiger partial charge in [0.05, 0.1) is 44.2 Å². The van der Waals surface area contributed by atoms with Crippen LogP contribution in [-0.4, -0.2) is 86.8 Å². The number of piperidine rings is 1. The maximum atomic E-state index is 13.0. The third-order valence-corrected chi connectivity index (χ3v) is 5.47. The van der Waals surface area contributed by atoms with Crippen molar-refractivity contribution in [1.82, 2.24) is 15.5 Å². The molecule has 0 aliphatic carbocycles. The molecule has 3 rings (SSSR count). The summed E-state index contributed by atoms with van der Waals surface area (Å²) in [5, 5.41) is 7.88. The lowest BCUT2D eigenvalue weighted by molar-refractivity contribution is -0.136. The molecule has 1 unspecified atom stereocenters. The fourth-order valence-corrected chi connectivity index (χ4v) is 3.76. The molecule has 2 aliphatic heterocycles. The molecule has 1 fully saturated rings. The smallest absolute Gasteiger partial charge is 0.407 e. The van der Waals surface area contributed by atoms with Crippen molar-refractivity contribution in [2.75, 3.05) is 51.4 Å². The molecule has 3 N–H and O–H groups in total. The van der Waals surface area contributed by atoms with Crippen LogP contribution < -0.4 is 16.0 Å². The Morgan fingerprint density at radius 1 is 1.06 bits per heavy atom. The summed E-state index contributed by atoms with van der Waals surface area (Å²) >= 11 is 0. The number of hydrogen-bond donors (Lipinski definition) is 3. The molecule has 36 heavy (non-hydrogen) atoms. The van der Waals surface area contributed by atoms with Gasteiger partial charge in [0.1, 0.15) is 6.04 Å². The van der Waals surface area contributed by atoms with Crippen molar-refractivity contribution < 1.29 is 38.2 Å². The minimum absolute atomic E-state index is 0.0668. The molecule has 12 nitrogen and oxygen atoms in total. The molecular formula is C24H32N4O8. The first kappa shape index (κ1) is 27.1. The summed E-state index contributed by atoms with van der Waals surface area (Å²) in [5.74, 6) is -1.91. The zero-order valence-electron chi connectivity index (χ0n) is 20.5. The number of anilines is 1. The van der Waals surface area contributed by atoms with Crippen LogP contribution in [0.25, 0.3) is 0 Å². The van der Waals surface area contributed by atoms with Gasteiger partial charge in [-0.2, -0.15) is 0 Å². The van der Waals surface area contributed by atoms with Crippen molar-refractivity contribution in [3.63, 3.8) is 0 Å². The highest BCUT2D eigenvalue weighted by molar-refractivity contribution is 6.25. The molecule has 0 saturated carbocycles. The van der Waals surface area contributed by atoms with Gasteiger partial charge in [-0.15, -0.1) is 0 Å². The van der Waals surface area contributed by atoms with Crippen LogP contribution in [0.3, 0.4) is 0 Å². The second-order valence-corrected chi connectivity index (χ2v) is 8.75. The summed E-state index contributed by atoms with van der Waals surface area (Å²) in [6.07, 6.45) is -0.299. The predicted molar refractivity (Wildman–Crippen MR) is 127 cm³/mol. The fraction of sp³-hybridized carbons (Fsp3) is 0.542. The van der Waals surface area contributed by atoms with Crippen LogP contribution in [0.4, 0.5) is 10.5 Å². The third kappa shape index (κ3) is 7.01. The van der Waals surface area contributed by atoms with E-state index in [0.717, 1.165) is 4.90 Å². The summed E-state index contributed by atoms with van der Waals surface area (Å²) < 4.78 is 15.9. The number of benzene rings is 1. The highest BCUT2D eigenvalue weighted by Gasteiger charge is 2.45. The zero-order chi connectivity index (χ0) is 26.1. The van der Waals surface area contributed by atoms with Crippen LogP contribution in [0.2, 0.25) is 0 Å². The number of hydrogen-bond acceptors (Lipinski definition) is 9. The Morgan fingerprint density at radius 2 is 1.78 bits per heavy atom. The Bertz CT molecular complexity index is 996. The minimum Gasteiger partial charge on any atom is -0.449 e. The number of carbonyl (C=O) groups is 5. The quantitative estimate of drug-likeness (QED) is 0.263. The first-order valence-electron chi connectivity index (χ1n) is 11.9. The number of alkyl carbamates (subject to hydrolysis) is 1. The van der Waals surface area contributed by atoms with E-state index in [0.29, 0.717) is 51.8 Å². The topological polar surface area (TPSA) is 152 Å². The molecule has 2 aliphatic rings. The number of fused-ring (bicyclic) bond motifs is 1. The number of imide groups is 2. The second-order valence-electron chi connectivity index (χ2n) is 8.75. The van der Waals surface area contributed by atoms with Gasteiger partial charge in [0, 0.05) is 25.2 Å². The maximum absolute atomic E-state index is 13.0. The Hall–Kier alpha value is -3.51. The zero-order valence-corrected chi connectivity index (χ0v) is 20.5.